The Morgan fingerprint density at radius 3 is 2.31 bits per heavy atom. The van der Waals surface area contributed by atoms with Gasteiger partial charge in [-0.25, -0.2) is 8.42 Å². The molecule has 0 fully saturated rings. The Kier molecular flexibility index (Phi) is 5.71. The van der Waals surface area contributed by atoms with Crippen molar-refractivity contribution < 1.29 is 17.6 Å². The van der Waals surface area contributed by atoms with Gasteiger partial charge in [-0.2, -0.15) is 0 Å². The third-order valence-corrected chi connectivity index (χ3v) is 6.83. The van der Waals surface area contributed by atoms with Gasteiger partial charge >= 0.3 is 0 Å². The summed E-state index contributed by atoms with van der Waals surface area (Å²) < 4.78 is 34.1. The van der Waals surface area contributed by atoms with Gasteiger partial charge in [-0.15, -0.1) is 0 Å². The van der Waals surface area contributed by atoms with Crippen LogP contribution in [0.2, 0.25) is 0 Å². The van der Waals surface area contributed by atoms with Gasteiger partial charge in [0.25, 0.3) is 5.91 Å². The largest absolute Gasteiger partial charge is 0.459 e. The summed E-state index contributed by atoms with van der Waals surface area (Å²) in [5.41, 5.74) is 2.40. The van der Waals surface area contributed by atoms with E-state index in [9.17, 15) is 13.2 Å². The van der Waals surface area contributed by atoms with Crippen LogP contribution >= 0.6 is 0 Å². The Morgan fingerprint density at radius 2 is 1.76 bits per heavy atom. The van der Waals surface area contributed by atoms with Crippen molar-refractivity contribution in [2.75, 3.05) is 5.32 Å². The first-order valence-electron chi connectivity index (χ1n) is 9.49. The zero-order chi connectivity index (χ0) is 21.3. The van der Waals surface area contributed by atoms with Crippen LogP contribution < -0.4 is 5.32 Å². The molecule has 1 aromatic carbocycles. The van der Waals surface area contributed by atoms with Gasteiger partial charge in [0.1, 0.15) is 10.7 Å². The van der Waals surface area contributed by atoms with Crippen molar-refractivity contribution in [3.63, 3.8) is 0 Å². The zero-order valence-electron chi connectivity index (χ0n) is 17.3. The van der Waals surface area contributed by atoms with Crippen molar-refractivity contribution in [1.82, 2.24) is 4.57 Å². The number of rotatable bonds is 6. The number of benzene rings is 1. The average molecular weight is 415 g/mol. The second-order valence-corrected chi connectivity index (χ2v) is 9.53. The van der Waals surface area contributed by atoms with Crippen molar-refractivity contribution in [2.45, 2.75) is 51.0 Å². The van der Waals surface area contributed by atoms with Gasteiger partial charge < -0.3 is 14.3 Å². The molecule has 0 unspecified atom stereocenters. The summed E-state index contributed by atoms with van der Waals surface area (Å²) in [5, 5.41) is 2.79. The molecule has 1 N–H and O–H groups in total. The molecule has 0 aliphatic heterocycles. The molecule has 0 spiro atoms. The number of anilines is 1. The number of amides is 1. The molecule has 0 atom stereocenters. The molecular formula is C22H26N2O4S. The number of aromatic nitrogens is 1. The van der Waals surface area contributed by atoms with Gasteiger partial charge in [0.05, 0.1) is 11.2 Å². The average Bonchev–Trinajstić information content (AvgIpc) is 3.26. The lowest BCUT2D eigenvalue weighted by Gasteiger charge is -2.15. The predicted molar refractivity (Wildman–Crippen MR) is 112 cm³/mol. The summed E-state index contributed by atoms with van der Waals surface area (Å²) in [6, 6.07) is 9.87. The number of carbonyl (C=O) groups is 1. The number of sulfone groups is 1. The highest BCUT2D eigenvalue weighted by Gasteiger charge is 2.31. The van der Waals surface area contributed by atoms with Crippen molar-refractivity contribution in [1.29, 1.82) is 0 Å². The lowest BCUT2D eigenvalue weighted by atomic mass is 10.2. The van der Waals surface area contributed by atoms with Crippen LogP contribution in [-0.4, -0.2) is 18.9 Å². The fourth-order valence-electron chi connectivity index (χ4n) is 3.29. The molecule has 0 aliphatic carbocycles. The number of nitrogens with one attached hydrogen (secondary N) is 1. The molecule has 0 aliphatic rings. The van der Waals surface area contributed by atoms with Gasteiger partial charge in [-0.1, -0.05) is 31.5 Å². The summed E-state index contributed by atoms with van der Waals surface area (Å²) in [4.78, 5) is 13.0. The fourth-order valence-corrected chi connectivity index (χ4v) is 4.99. The van der Waals surface area contributed by atoms with Crippen molar-refractivity contribution in [3.8, 4) is 0 Å². The van der Waals surface area contributed by atoms with E-state index in [1.807, 2.05) is 32.3 Å². The van der Waals surface area contributed by atoms with Crippen LogP contribution in [0, 0.1) is 26.7 Å². The Morgan fingerprint density at radius 1 is 1.10 bits per heavy atom. The van der Waals surface area contributed by atoms with E-state index in [4.69, 9.17) is 4.42 Å². The van der Waals surface area contributed by atoms with E-state index < -0.39 is 15.7 Å². The maximum absolute atomic E-state index is 13.5. The fraction of sp³-hybridized carbons (Fsp3) is 0.318. The van der Waals surface area contributed by atoms with Crippen molar-refractivity contribution in [3.05, 3.63) is 65.2 Å². The molecule has 6 nitrogen and oxygen atoms in total. The number of aryl methyl sites for hydroxylation is 1. The summed E-state index contributed by atoms with van der Waals surface area (Å²) in [6.45, 7) is 10.2. The van der Waals surface area contributed by atoms with Gasteiger partial charge in [0.15, 0.2) is 5.76 Å². The van der Waals surface area contributed by atoms with Gasteiger partial charge in [0, 0.05) is 12.2 Å². The normalized spacial score (nSPS) is 11.8. The lowest BCUT2D eigenvalue weighted by Crippen LogP contribution is -2.18. The van der Waals surface area contributed by atoms with Crippen LogP contribution in [-0.2, 0) is 16.4 Å². The Hall–Kier alpha value is -2.80. The third-order valence-electron chi connectivity index (χ3n) is 4.90. The summed E-state index contributed by atoms with van der Waals surface area (Å²) in [7, 11) is -3.84. The third kappa shape index (κ3) is 4.00. The first kappa shape index (κ1) is 20.9. The minimum atomic E-state index is -3.84. The van der Waals surface area contributed by atoms with Crippen molar-refractivity contribution in [2.24, 2.45) is 5.92 Å². The van der Waals surface area contributed by atoms with Crippen LogP contribution in [0.5, 0.6) is 0 Å². The maximum Gasteiger partial charge on any atom is 0.292 e. The molecule has 3 rings (SSSR count). The molecule has 2 heterocycles. The molecule has 7 heteroatoms. The van der Waals surface area contributed by atoms with E-state index in [-0.39, 0.29) is 27.3 Å². The zero-order valence-corrected chi connectivity index (χ0v) is 18.1. The monoisotopic (exact) mass is 414 g/mol. The minimum Gasteiger partial charge on any atom is -0.459 e. The van der Waals surface area contributed by atoms with Crippen LogP contribution in [0.4, 0.5) is 5.82 Å². The molecule has 0 saturated heterocycles. The smallest absolute Gasteiger partial charge is 0.292 e. The van der Waals surface area contributed by atoms with Crippen LogP contribution in [0.15, 0.2) is 56.9 Å². The quantitative estimate of drug-likeness (QED) is 0.631. The van der Waals surface area contributed by atoms with Gasteiger partial charge in [0.2, 0.25) is 9.84 Å². The lowest BCUT2D eigenvalue weighted by molar-refractivity contribution is 0.0995. The highest BCUT2D eigenvalue weighted by Crippen LogP contribution is 2.36. The van der Waals surface area contributed by atoms with Crippen LogP contribution in [0.3, 0.4) is 0 Å². The van der Waals surface area contributed by atoms with E-state index in [0.29, 0.717) is 12.1 Å². The van der Waals surface area contributed by atoms with Gasteiger partial charge in [-0.05, 0) is 56.5 Å². The van der Waals surface area contributed by atoms with E-state index >= 15 is 0 Å². The molecule has 1 amide bonds. The first-order valence-corrected chi connectivity index (χ1v) is 11.0. The summed E-state index contributed by atoms with van der Waals surface area (Å²) in [6.07, 6.45) is 1.41. The first-order chi connectivity index (χ1) is 13.6. The van der Waals surface area contributed by atoms with E-state index in [0.717, 1.165) is 11.3 Å². The number of hydrogen-bond donors (Lipinski definition) is 1. The summed E-state index contributed by atoms with van der Waals surface area (Å²) in [5.74, 6) is 0.166. The van der Waals surface area contributed by atoms with Crippen molar-refractivity contribution >= 4 is 21.6 Å². The number of furan rings is 1. The standard InChI is InChI=1S/C22H26N2O4S/c1-14(2)13-24-17(5)16(4)20(21(24)23-22(25)19-7-6-12-28-19)29(26,27)18-10-8-15(3)9-11-18/h6-12,14H,13H2,1-5H3,(H,23,25). The molecule has 154 valence electrons. The molecule has 0 radical (unpaired) electrons. The number of nitrogens with zero attached hydrogens (tertiary/aromatic N) is 1. The Bertz CT molecular complexity index is 1120. The van der Waals surface area contributed by atoms with Crippen LogP contribution in [0.25, 0.3) is 0 Å². The second kappa shape index (κ2) is 7.91. The molecular weight excluding hydrogens is 388 g/mol. The van der Waals surface area contributed by atoms with Gasteiger partial charge in [-0.3, -0.25) is 4.79 Å². The van der Waals surface area contributed by atoms with Crippen LogP contribution in [0.1, 0.15) is 41.2 Å². The molecule has 2 aromatic heterocycles. The molecule has 0 saturated carbocycles. The van der Waals surface area contributed by atoms with E-state index in [2.05, 4.69) is 5.32 Å². The topological polar surface area (TPSA) is 81.3 Å². The highest BCUT2D eigenvalue weighted by atomic mass is 32.2. The second-order valence-electron chi connectivity index (χ2n) is 7.64. The molecule has 0 bridgehead atoms. The summed E-state index contributed by atoms with van der Waals surface area (Å²) >= 11 is 0. The number of carbonyl (C=O) groups excluding carboxylic acids is 1. The Labute approximate surface area is 171 Å². The van der Waals surface area contributed by atoms with E-state index in [1.54, 1.807) is 43.3 Å². The SMILES string of the molecule is Cc1ccc(S(=O)(=O)c2c(C)c(C)n(CC(C)C)c2NC(=O)c2ccco2)cc1. The maximum atomic E-state index is 13.5. The Balaban J connectivity index is 2.19. The molecule has 29 heavy (non-hydrogen) atoms. The van der Waals surface area contributed by atoms with E-state index in [1.165, 1.54) is 6.26 Å². The minimum absolute atomic E-state index is 0.122. The predicted octanol–water partition coefficient (Wildman–Crippen LogP) is 4.75. The highest BCUT2D eigenvalue weighted by molar-refractivity contribution is 7.91. The number of hydrogen-bond acceptors (Lipinski definition) is 4. The molecule has 3 aromatic rings.